The van der Waals surface area contributed by atoms with E-state index in [2.05, 4.69) is 4.98 Å². The number of aryl methyl sites for hydroxylation is 1. The molecule has 0 aromatic carbocycles. The summed E-state index contributed by atoms with van der Waals surface area (Å²) in [4.78, 5) is 29.6. The third-order valence-corrected chi connectivity index (χ3v) is 3.52. The number of nitrogens with zero attached hydrogens (tertiary/aromatic N) is 2. The summed E-state index contributed by atoms with van der Waals surface area (Å²) < 4.78 is 5.96. The van der Waals surface area contributed by atoms with Crippen molar-refractivity contribution in [3.8, 4) is 0 Å². The topological polar surface area (TPSA) is 79.7 Å². The van der Waals surface area contributed by atoms with Crippen molar-refractivity contribution in [2.75, 3.05) is 13.1 Å². The van der Waals surface area contributed by atoms with Gasteiger partial charge < -0.3 is 14.7 Å². The molecule has 0 spiro atoms. The molecule has 1 aromatic heterocycles. The van der Waals surface area contributed by atoms with Crippen LogP contribution >= 0.6 is 0 Å². The standard InChI is InChI=1S/C16H22N2O4/c1-10-11(14(20)21)6-7-12(17-10)13(19)18-8-15(2,3)22-16(4,5)9-18/h6-7H,8-9H2,1-5H3,(H,20,21). The fourth-order valence-corrected chi connectivity index (χ4v) is 3.00. The molecule has 1 aromatic rings. The lowest BCUT2D eigenvalue weighted by Gasteiger charge is -2.47. The first-order valence-electron chi connectivity index (χ1n) is 7.21. The molecule has 6 nitrogen and oxygen atoms in total. The van der Waals surface area contributed by atoms with Crippen molar-refractivity contribution >= 4 is 11.9 Å². The minimum atomic E-state index is -1.04. The average molecular weight is 306 g/mol. The highest BCUT2D eigenvalue weighted by molar-refractivity contribution is 5.94. The SMILES string of the molecule is Cc1nc(C(=O)N2CC(C)(C)OC(C)(C)C2)ccc1C(=O)O. The fraction of sp³-hybridized carbons (Fsp3) is 0.562. The largest absolute Gasteiger partial charge is 0.478 e. The normalized spacial score (nSPS) is 19.8. The Morgan fingerprint density at radius 2 is 1.73 bits per heavy atom. The fourth-order valence-electron chi connectivity index (χ4n) is 3.00. The van der Waals surface area contributed by atoms with Gasteiger partial charge in [0.1, 0.15) is 5.69 Å². The number of carboxylic acids is 1. The Labute approximate surface area is 130 Å². The molecule has 2 heterocycles. The van der Waals surface area contributed by atoms with Crippen molar-refractivity contribution in [1.29, 1.82) is 0 Å². The van der Waals surface area contributed by atoms with Crippen molar-refractivity contribution in [2.24, 2.45) is 0 Å². The average Bonchev–Trinajstić information content (AvgIpc) is 2.33. The number of morpholine rings is 1. The maximum absolute atomic E-state index is 12.7. The number of ether oxygens (including phenoxy) is 1. The molecule has 6 heteroatoms. The number of hydrogen-bond acceptors (Lipinski definition) is 4. The van der Waals surface area contributed by atoms with Crippen LogP contribution in [0.5, 0.6) is 0 Å². The third-order valence-electron chi connectivity index (χ3n) is 3.52. The molecule has 1 saturated heterocycles. The number of rotatable bonds is 2. The van der Waals surface area contributed by atoms with Gasteiger partial charge in [0.15, 0.2) is 0 Å². The summed E-state index contributed by atoms with van der Waals surface area (Å²) in [6, 6.07) is 2.89. The second-order valence-corrected chi connectivity index (χ2v) is 6.92. The number of amides is 1. The molecular weight excluding hydrogens is 284 g/mol. The summed E-state index contributed by atoms with van der Waals surface area (Å²) in [5.41, 5.74) is -0.165. The Balaban J connectivity index is 2.28. The second kappa shape index (κ2) is 5.35. The molecule has 120 valence electrons. The van der Waals surface area contributed by atoms with Crippen LogP contribution in [-0.4, -0.2) is 51.2 Å². The lowest BCUT2D eigenvalue weighted by atomic mass is 9.98. The number of carboxylic acid groups (broad SMARTS) is 1. The summed E-state index contributed by atoms with van der Waals surface area (Å²) >= 11 is 0. The molecule has 0 atom stereocenters. The van der Waals surface area contributed by atoms with E-state index in [-0.39, 0.29) is 17.2 Å². The first-order chi connectivity index (χ1) is 10.0. The van der Waals surface area contributed by atoms with Crippen LogP contribution in [0.25, 0.3) is 0 Å². The van der Waals surface area contributed by atoms with Crippen LogP contribution in [0, 0.1) is 6.92 Å². The first-order valence-corrected chi connectivity index (χ1v) is 7.21. The lowest BCUT2D eigenvalue weighted by Crippen LogP contribution is -2.58. The van der Waals surface area contributed by atoms with E-state index in [9.17, 15) is 9.59 Å². The summed E-state index contributed by atoms with van der Waals surface area (Å²) in [6.07, 6.45) is 0. The molecule has 0 unspecified atom stereocenters. The van der Waals surface area contributed by atoms with Crippen LogP contribution in [0.15, 0.2) is 12.1 Å². The molecule has 0 bridgehead atoms. The quantitative estimate of drug-likeness (QED) is 0.905. The van der Waals surface area contributed by atoms with E-state index in [4.69, 9.17) is 9.84 Å². The number of hydrogen-bond donors (Lipinski definition) is 1. The van der Waals surface area contributed by atoms with Crippen molar-refractivity contribution < 1.29 is 19.4 Å². The Kier molecular flexibility index (Phi) is 4.00. The van der Waals surface area contributed by atoms with E-state index in [1.807, 2.05) is 27.7 Å². The molecule has 0 aliphatic carbocycles. The number of aromatic carboxylic acids is 1. The predicted octanol–water partition coefficient (Wildman–Crippen LogP) is 2.12. The van der Waals surface area contributed by atoms with Crippen molar-refractivity contribution in [1.82, 2.24) is 9.88 Å². The number of pyridine rings is 1. The molecule has 22 heavy (non-hydrogen) atoms. The van der Waals surface area contributed by atoms with Gasteiger partial charge >= 0.3 is 5.97 Å². The van der Waals surface area contributed by atoms with Crippen molar-refractivity contribution in [3.63, 3.8) is 0 Å². The molecule has 1 aliphatic rings. The maximum Gasteiger partial charge on any atom is 0.337 e. The molecule has 1 fully saturated rings. The lowest BCUT2D eigenvalue weighted by molar-refractivity contribution is -0.171. The predicted molar refractivity (Wildman–Crippen MR) is 81.1 cm³/mol. The Bertz CT molecular complexity index is 607. The summed E-state index contributed by atoms with van der Waals surface area (Å²) in [5, 5.41) is 9.03. The minimum Gasteiger partial charge on any atom is -0.478 e. The van der Waals surface area contributed by atoms with Crippen LogP contribution < -0.4 is 0 Å². The number of carbonyl (C=O) groups excluding carboxylic acids is 1. The van der Waals surface area contributed by atoms with Crippen LogP contribution in [-0.2, 0) is 4.74 Å². The van der Waals surface area contributed by atoms with E-state index in [1.165, 1.54) is 12.1 Å². The Morgan fingerprint density at radius 3 is 2.18 bits per heavy atom. The molecular formula is C16H22N2O4. The Hall–Kier alpha value is -1.95. The molecule has 1 amide bonds. The van der Waals surface area contributed by atoms with Gasteiger partial charge in [-0.3, -0.25) is 4.79 Å². The van der Waals surface area contributed by atoms with E-state index in [1.54, 1.807) is 11.8 Å². The van der Waals surface area contributed by atoms with Crippen LogP contribution in [0.3, 0.4) is 0 Å². The van der Waals surface area contributed by atoms with Gasteiger partial charge in [0.25, 0.3) is 5.91 Å². The van der Waals surface area contributed by atoms with E-state index in [0.717, 1.165) is 0 Å². The van der Waals surface area contributed by atoms with Gasteiger partial charge in [0.2, 0.25) is 0 Å². The molecule has 1 aliphatic heterocycles. The highest BCUT2D eigenvalue weighted by Gasteiger charge is 2.40. The van der Waals surface area contributed by atoms with Crippen LogP contribution in [0.2, 0.25) is 0 Å². The smallest absolute Gasteiger partial charge is 0.337 e. The number of carbonyl (C=O) groups is 2. The highest BCUT2D eigenvalue weighted by atomic mass is 16.5. The van der Waals surface area contributed by atoms with Crippen molar-refractivity contribution in [2.45, 2.75) is 45.8 Å². The van der Waals surface area contributed by atoms with Gasteiger partial charge in [-0.05, 0) is 46.8 Å². The first kappa shape index (κ1) is 16.4. The summed E-state index contributed by atoms with van der Waals surface area (Å²) in [5.74, 6) is -1.25. The Morgan fingerprint density at radius 1 is 1.18 bits per heavy atom. The molecule has 2 rings (SSSR count). The highest BCUT2D eigenvalue weighted by Crippen LogP contribution is 2.28. The van der Waals surface area contributed by atoms with E-state index < -0.39 is 17.2 Å². The molecule has 0 radical (unpaired) electrons. The maximum atomic E-state index is 12.7. The van der Waals surface area contributed by atoms with Gasteiger partial charge in [-0.15, -0.1) is 0 Å². The molecule has 1 N–H and O–H groups in total. The number of aromatic nitrogens is 1. The van der Waals surface area contributed by atoms with Gasteiger partial charge in [0, 0.05) is 13.1 Å². The van der Waals surface area contributed by atoms with Gasteiger partial charge in [0.05, 0.1) is 22.5 Å². The third kappa shape index (κ3) is 3.44. The van der Waals surface area contributed by atoms with Crippen LogP contribution in [0.1, 0.15) is 54.2 Å². The van der Waals surface area contributed by atoms with E-state index >= 15 is 0 Å². The van der Waals surface area contributed by atoms with Gasteiger partial charge in [-0.2, -0.15) is 0 Å². The summed E-state index contributed by atoms with van der Waals surface area (Å²) in [6.45, 7) is 10.3. The molecule has 0 saturated carbocycles. The minimum absolute atomic E-state index is 0.110. The second-order valence-electron chi connectivity index (χ2n) is 6.92. The van der Waals surface area contributed by atoms with E-state index in [0.29, 0.717) is 18.8 Å². The summed E-state index contributed by atoms with van der Waals surface area (Å²) in [7, 11) is 0. The zero-order valence-corrected chi connectivity index (χ0v) is 13.6. The van der Waals surface area contributed by atoms with Gasteiger partial charge in [-0.25, -0.2) is 9.78 Å². The van der Waals surface area contributed by atoms with Crippen LogP contribution in [0.4, 0.5) is 0 Å². The zero-order valence-electron chi connectivity index (χ0n) is 13.6. The van der Waals surface area contributed by atoms with Crippen molar-refractivity contribution in [3.05, 3.63) is 29.1 Å². The zero-order chi connectivity index (χ0) is 16.7. The monoisotopic (exact) mass is 306 g/mol. The van der Waals surface area contributed by atoms with Gasteiger partial charge in [-0.1, -0.05) is 0 Å².